The van der Waals surface area contributed by atoms with E-state index in [1.807, 2.05) is 36.5 Å². The first-order chi connectivity index (χ1) is 14.8. The Labute approximate surface area is 181 Å². The predicted molar refractivity (Wildman–Crippen MR) is 120 cm³/mol. The fraction of sp³-hybridized carbons (Fsp3) is 0.167. The number of thiocarbonyl (C=S) groups is 1. The van der Waals surface area contributed by atoms with Crippen molar-refractivity contribution in [1.82, 2.24) is 19.8 Å². The van der Waals surface area contributed by atoms with E-state index >= 15 is 0 Å². The van der Waals surface area contributed by atoms with Gasteiger partial charge < -0.3 is 19.2 Å². The van der Waals surface area contributed by atoms with Crippen LogP contribution >= 0.6 is 12.2 Å². The number of nitrogens with one attached hydrogen (secondary N) is 1. The van der Waals surface area contributed by atoms with Crippen molar-refractivity contribution in [2.45, 2.75) is 25.2 Å². The fourth-order valence-electron chi connectivity index (χ4n) is 4.09. The van der Waals surface area contributed by atoms with Gasteiger partial charge >= 0.3 is 0 Å². The zero-order valence-electron chi connectivity index (χ0n) is 16.4. The number of rotatable bonds is 6. The van der Waals surface area contributed by atoms with Gasteiger partial charge in [-0.05, 0) is 54.2 Å². The van der Waals surface area contributed by atoms with Gasteiger partial charge in [-0.1, -0.05) is 36.4 Å². The van der Waals surface area contributed by atoms with E-state index in [0.717, 1.165) is 23.1 Å². The molecule has 1 aliphatic heterocycles. The van der Waals surface area contributed by atoms with Crippen LogP contribution in [0.3, 0.4) is 0 Å². The molecule has 3 aromatic heterocycles. The van der Waals surface area contributed by atoms with Crippen LogP contribution in [0, 0.1) is 0 Å². The molecule has 5 nitrogen and oxygen atoms in total. The van der Waals surface area contributed by atoms with Crippen LogP contribution in [0.25, 0.3) is 0 Å². The molecule has 1 fully saturated rings. The van der Waals surface area contributed by atoms with E-state index in [2.05, 4.69) is 68.4 Å². The van der Waals surface area contributed by atoms with Crippen molar-refractivity contribution in [3.05, 3.63) is 114 Å². The van der Waals surface area contributed by atoms with Gasteiger partial charge in [0.05, 0.1) is 30.6 Å². The van der Waals surface area contributed by atoms with Crippen LogP contribution in [0.5, 0.6) is 0 Å². The van der Waals surface area contributed by atoms with E-state index in [-0.39, 0.29) is 12.1 Å². The Hall–Kier alpha value is -3.38. The molecule has 0 saturated carbocycles. The third kappa shape index (κ3) is 3.62. The quantitative estimate of drug-likeness (QED) is 0.464. The SMILES string of the molecule is S=C1N[C@H](c2ccccn2)[C@H](c2cccn2Cc2ccco2)N1Cc1ccccc1. The smallest absolute Gasteiger partial charge is 0.170 e. The molecule has 150 valence electrons. The normalized spacial score (nSPS) is 18.5. The lowest BCUT2D eigenvalue weighted by Crippen LogP contribution is -2.30. The summed E-state index contributed by atoms with van der Waals surface area (Å²) in [6, 6.07) is 24.6. The highest BCUT2D eigenvalue weighted by Crippen LogP contribution is 2.39. The van der Waals surface area contributed by atoms with Crippen molar-refractivity contribution in [3.8, 4) is 0 Å². The molecule has 0 bridgehead atoms. The van der Waals surface area contributed by atoms with Crippen molar-refractivity contribution in [3.63, 3.8) is 0 Å². The summed E-state index contributed by atoms with van der Waals surface area (Å²) in [5.41, 5.74) is 3.37. The van der Waals surface area contributed by atoms with Gasteiger partial charge in [-0.3, -0.25) is 4.98 Å². The van der Waals surface area contributed by atoms with Gasteiger partial charge in [0.15, 0.2) is 5.11 Å². The van der Waals surface area contributed by atoms with E-state index in [1.165, 1.54) is 11.3 Å². The first-order valence-electron chi connectivity index (χ1n) is 9.99. The maximum Gasteiger partial charge on any atom is 0.170 e. The van der Waals surface area contributed by atoms with Crippen LogP contribution in [0.15, 0.2) is 95.9 Å². The summed E-state index contributed by atoms with van der Waals surface area (Å²) in [4.78, 5) is 6.89. The third-order valence-corrected chi connectivity index (χ3v) is 5.82. The highest BCUT2D eigenvalue weighted by molar-refractivity contribution is 7.80. The van der Waals surface area contributed by atoms with Crippen LogP contribution < -0.4 is 5.32 Å². The number of hydrogen-bond acceptors (Lipinski definition) is 3. The topological polar surface area (TPSA) is 46.2 Å². The molecular weight excluding hydrogens is 392 g/mol. The van der Waals surface area contributed by atoms with Crippen LogP contribution in [0.1, 0.15) is 34.8 Å². The third-order valence-electron chi connectivity index (χ3n) is 5.47. The first-order valence-corrected chi connectivity index (χ1v) is 10.4. The number of pyridine rings is 1. The van der Waals surface area contributed by atoms with Gasteiger partial charge in [0.25, 0.3) is 0 Å². The predicted octanol–water partition coefficient (Wildman–Crippen LogP) is 4.70. The molecule has 1 aromatic carbocycles. The van der Waals surface area contributed by atoms with Crippen molar-refractivity contribution < 1.29 is 4.42 Å². The van der Waals surface area contributed by atoms with Crippen molar-refractivity contribution >= 4 is 17.3 Å². The molecule has 0 amide bonds. The Balaban J connectivity index is 1.54. The minimum absolute atomic E-state index is 0.0116. The zero-order chi connectivity index (χ0) is 20.3. The molecule has 0 radical (unpaired) electrons. The van der Waals surface area contributed by atoms with E-state index in [1.54, 1.807) is 6.26 Å². The molecule has 0 spiro atoms. The lowest BCUT2D eigenvalue weighted by Gasteiger charge is -2.29. The standard InChI is InChI=1S/C24H22N4OS/c30-24-26-22(20-11-4-5-13-25-20)23(28(24)16-18-8-2-1-3-9-18)21-12-6-14-27(21)17-19-10-7-15-29-19/h1-15,22-23H,16-17H2,(H,26,30)/t22-,23+/m1/s1. The monoisotopic (exact) mass is 414 g/mol. The summed E-state index contributed by atoms with van der Waals surface area (Å²) in [5.74, 6) is 0.921. The van der Waals surface area contributed by atoms with E-state index in [4.69, 9.17) is 16.6 Å². The van der Waals surface area contributed by atoms with Gasteiger partial charge in [0.1, 0.15) is 5.76 Å². The van der Waals surface area contributed by atoms with Gasteiger partial charge in [-0.25, -0.2) is 0 Å². The van der Waals surface area contributed by atoms with Gasteiger partial charge in [0, 0.05) is 24.6 Å². The molecule has 0 aliphatic carbocycles. The summed E-state index contributed by atoms with van der Waals surface area (Å²) in [5, 5.41) is 4.26. The van der Waals surface area contributed by atoms with Gasteiger partial charge in [-0.15, -0.1) is 0 Å². The average Bonchev–Trinajstić information content (AvgIpc) is 3.52. The molecule has 2 atom stereocenters. The van der Waals surface area contributed by atoms with Crippen LogP contribution in [0.4, 0.5) is 0 Å². The summed E-state index contributed by atoms with van der Waals surface area (Å²) < 4.78 is 7.82. The van der Waals surface area contributed by atoms with E-state index in [9.17, 15) is 0 Å². The molecule has 0 unspecified atom stereocenters. The maximum absolute atomic E-state index is 5.79. The molecule has 1 N–H and O–H groups in total. The Morgan fingerprint density at radius 3 is 2.57 bits per heavy atom. The molecular formula is C24H22N4OS. The fourth-order valence-corrected chi connectivity index (χ4v) is 4.39. The molecule has 4 aromatic rings. The van der Waals surface area contributed by atoms with E-state index < -0.39 is 0 Å². The number of hydrogen-bond donors (Lipinski definition) is 1. The molecule has 4 heterocycles. The second-order valence-electron chi connectivity index (χ2n) is 7.38. The lowest BCUT2D eigenvalue weighted by atomic mass is 10.0. The van der Waals surface area contributed by atoms with Crippen LogP contribution in [-0.4, -0.2) is 19.6 Å². The summed E-state index contributed by atoms with van der Waals surface area (Å²) in [7, 11) is 0. The zero-order valence-corrected chi connectivity index (χ0v) is 17.2. The van der Waals surface area contributed by atoms with Crippen molar-refractivity contribution in [2.75, 3.05) is 0 Å². The second kappa shape index (κ2) is 8.16. The number of benzene rings is 1. The lowest BCUT2D eigenvalue weighted by molar-refractivity contribution is 0.296. The summed E-state index contributed by atoms with van der Waals surface area (Å²) in [6.45, 7) is 1.40. The number of aromatic nitrogens is 2. The molecule has 5 rings (SSSR count). The Morgan fingerprint density at radius 1 is 0.933 bits per heavy atom. The Morgan fingerprint density at radius 2 is 1.80 bits per heavy atom. The van der Waals surface area contributed by atoms with Gasteiger partial charge in [-0.2, -0.15) is 0 Å². The molecule has 1 saturated heterocycles. The summed E-state index contributed by atoms with van der Waals surface area (Å²) in [6.07, 6.45) is 5.64. The first kappa shape index (κ1) is 18.6. The molecule has 6 heteroatoms. The van der Waals surface area contributed by atoms with Crippen LogP contribution in [-0.2, 0) is 13.1 Å². The highest BCUT2D eigenvalue weighted by Gasteiger charge is 2.41. The number of furan rings is 1. The van der Waals surface area contributed by atoms with Crippen LogP contribution in [0.2, 0.25) is 0 Å². The average molecular weight is 415 g/mol. The van der Waals surface area contributed by atoms with Crippen molar-refractivity contribution in [1.29, 1.82) is 0 Å². The Bertz CT molecular complexity index is 1110. The second-order valence-corrected chi connectivity index (χ2v) is 7.77. The Kier molecular flexibility index (Phi) is 5.07. The molecule has 1 aliphatic rings. The number of nitrogens with zero attached hydrogens (tertiary/aromatic N) is 3. The van der Waals surface area contributed by atoms with Crippen molar-refractivity contribution in [2.24, 2.45) is 0 Å². The molecule has 30 heavy (non-hydrogen) atoms. The maximum atomic E-state index is 5.79. The van der Waals surface area contributed by atoms with Gasteiger partial charge in [0.2, 0.25) is 0 Å². The largest absolute Gasteiger partial charge is 0.467 e. The highest BCUT2D eigenvalue weighted by atomic mass is 32.1. The minimum atomic E-state index is -0.0346. The summed E-state index contributed by atoms with van der Waals surface area (Å²) >= 11 is 5.79. The van der Waals surface area contributed by atoms with E-state index in [0.29, 0.717) is 6.54 Å². The minimum Gasteiger partial charge on any atom is -0.467 e.